The van der Waals surface area contributed by atoms with Gasteiger partial charge in [-0.3, -0.25) is 0 Å². The first-order chi connectivity index (χ1) is 11.8. The summed E-state index contributed by atoms with van der Waals surface area (Å²) in [4.78, 5) is 0.775. The molecule has 25 heavy (non-hydrogen) atoms. The normalized spacial score (nSPS) is 21.7. The van der Waals surface area contributed by atoms with Crippen molar-refractivity contribution in [3.63, 3.8) is 0 Å². The Bertz CT molecular complexity index is 922. The van der Waals surface area contributed by atoms with Gasteiger partial charge >= 0.3 is 0 Å². The third-order valence-electron chi connectivity index (χ3n) is 4.22. The number of sulfone groups is 1. The Hall–Kier alpha value is -0.930. The van der Waals surface area contributed by atoms with Crippen LogP contribution < -0.4 is 0 Å². The van der Waals surface area contributed by atoms with E-state index < -0.39 is 25.1 Å². The van der Waals surface area contributed by atoms with Gasteiger partial charge in [0.2, 0.25) is 10.0 Å². The molecule has 1 fully saturated rings. The Labute approximate surface area is 157 Å². The van der Waals surface area contributed by atoms with Crippen LogP contribution in [0.15, 0.2) is 41.8 Å². The standard InChI is InChI=1S/C16H18ClNO4S3/c17-14-5-3-13(4-6-14)12-25(21,22)18-8-7-16(15-2-1-10-23-15)24(19,20)11-9-18/h1-6,10,16H,7-9,11-12H2. The van der Waals surface area contributed by atoms with E-state index in [0.717, 1.165) is 4.88 Å². The maximum Gasteiger partial charge on any atom is 0.218 e. The lowest BCUT2D eigenvalue weighted by atomic mass is 10.2. The molecule has 1 saturated heterocycles. The van der Waals surface area contributed by atoms with E-state index in [2.05, 4.69) is 0 Å². The van der Waals surface area contributed by atoms with Crippen LogP contribution >= 0.6 is 22.9 Å². The molecule has 1 aromatic carbocycles. The molecule has 1 atom stereocenters. The number of rotatable bonds is 4. The number of hydrogen-bond donors (Lipinski definition) is 0. The zero-order valence-electron chi connectivity index (χ0n) is 13.3. The average molecular weight is 420 g/mol. The average Bonchev–Trinajstić information content (AvgIpc) is 3.00. The number of nitrogens with zero attached hydrogens (tertiary/aromatic N) is 1. The summed E-state index contributed by atoms with van der Waals surface area (Å²) < 4.78 is 51.8. The molecule has 0 aliphatic carbocycles. The first-order valence-corrected chi connectivity index (χ1v) is 12.3. The van der Waals surface area contributed by atoms with Crippen molar-refractivity contribution < 1.29 is 16.8 Å². The van der Waals surface area contributed by atoms with Gasteiger partial charge < -0.3 is 0 Å². The summed E-state index contributed by atoms with van der Waals surface area (Å²) in [7, 11) is -6.95. The Morgan fingerprint density at radius 3 is 2.52 bits per heavy atom. The van der Waals surface area contributed by atoms with Crippen molar-refractivity contribution in [2.24, 2.45) is 0 Å². The molecule has 5 nitrogen and oxygen atoms in total. The van der Waals surface area contributed by atoms with Gasteiger partial charge in [0.1, 0.15) is 0 Å². The van der Waals surface area contributed by atoms with E-state index in [9.17, 15) is 16.8 Å². The maximum atomic E-state index is 12.7. The second-order valence-corrected chi connectivity index (χ2v) is 11.6. The predicted molar refractivity (Wildman–Crippen MR) is 101 cm³/mol. The molecule has 3 rings (SSSR count). The van der Waals surface area contributed by atoms with Gasteiger partial charge in [0.25, 0.3) is 0 Å². The molecular formula is C16H18ClNO4S3. The summed E-state index contributed by atoms with van der Waals surface area (Å²) in [6.45, 7) is 0.206. The molecule has 0 amide bonds. The highest BCUT2D eigenvalue weighted by molar-refractivity contribution is 7.92. The van der Waals surface area contributed by atoms with E-state index in [1.807, 2.05) is 11.4 Å². The van der Waals surface area contributed by atoms with Gasteiger partial charge in [0, 0.05) is 23.0 Å². The summed E-state index contributed by atoms with van der Waals surface area (Å²) in [6, 6.07) is 10.2. The lowest BCUT2D eigenvalue weighted by Gasteiger charge is -2.19. The molecular weight excluding hydrogens is 402 g/mol. The fourth-order valence-corrected chi connectivity index (χ4v) is 7.67. The minimum absolute atomic E-state index is 0.000131. The van der Waals surface area contributed by atoms with Gasteiger partial charge in [-0.1, -0.05) is 29.8 Å². The quantitative estimate of drug-likeness (QED) is 0.763. The first-order valence-electron chi connectivity index (χ1n) is 7.75. The van der Waals surface area contributed by atoms with E-state index in [1.54, 1.807) is 30.3 Å². The molecule has 2 aromatic rings. The SMILES string of the molecule is O=S1(=O)CCN(S(=O)(=O)Cc2ccc(Cl)cc2)CCC1c1cccs1. The van der Waals surface area contributed by atoms with E-state index in [1.165, 1.54) is 15.6 Å². The molecule has 0 saturated carbocycles. The molecule has 0 bridgehead atoms. The van der Waals surface area contributed by atoms with Gasteiger partial charge in [0.15, 0.2) is 9.84 Å². The Morgan fingerprint density at radius 1 is 1.16 bits per heavy atom. The summed E-state index contributed by atoms with van der Waals surface area (Å²) in [6.07, 6.45) is 0.280. The van der Waals surface area contributed by atoms with Crippen LogP contribution in [0.5, 0.6) is 0 Å². The van der Waals surface area contributed by atoms with E-state index in [4.69, 9.17) is 11.6 Å². The predicted octanol–water partition coefficient (Wildman–Crippen LogP) is 3.09. The fourth-order valence-electron chi connectivity index (χ4n) is 2.88. The van der Waals surface area contributed by atoms with Gasteiger partial charge in [-0.25, -0.2) is 21.1 Å². The van der Waals surface area contributed by atoms with Gasteiger partial charge in [0.05, 0.1) is 16.8 Å². The second-order valence-electron chi connectivity index (χ2n) is 5.94. The van der Waals surface area contributed by atoms with Crippen molar-refractivity contribution >= 4 is 42.8 Å². The van der Waals surface area contributed by atoms with Crippen LogP contribution in [-0.2, 0) is 25.6 Å². The second kappa shape index (κ2) is 7.36. The molecule has 1 aliphatic rings. The maximum absolute atomic E-state index is 12.7. The third-order valence-corrected chi connectivity index (χ3v) is 9.56. The lowest BCUT2D eigenvalue weighted by molar-refractivity contribution is 0.428. The molecule has 1 aliphatic heterocycles. The summed E-state index contributed by atoms with van der Waals surface area (Å²) in [5.41, 5.74) is 0.631. The number of sulfonamides is 1. The van der Waals surface area contributed by atoms with E-state index in [0.29, 0.717) is 10.6 Å². The number of halogens is 1. The highest BCUT2D eigenvalue weighted by Crippen LogP contribution is 2.33. The minimum Gasteiger partial charge on any atom is -0.228 e. The smallest absolute Gasteiger partial charge is 0.218 e. The molecule has 2 heterocycles. The highest BCUT2D eigenvalue weighted by atomic mass is 35.5. The zero-order valence-corrected chi connectivity index (χ0v) is 16.5. The van der Waals surface area contributed by atoms with Crippen molar-refractivity contribution in [1.82, 2.24) is 4.31 Å². The number of hydrogen-bond acceptors (Lipinski definition) is 5. The Morgan fingerprint density at radius 2 is 1.88 bits per heavy atom. The van der Waals surface area contributed by atoms with E-state index in [-0.39, 0.29) is 31.0 Å². The van der Waals surface area contributed by atoms with Crippen LogP contribution in [0.25, 0.3) is 0 Å². The molecule has 0 radical (unpaired) electrons. The molecule has 1 unspecified atom stereocenters. The molecule has 136 valence electrons. The van der Waals surface area contributed by atoms with Crippen molar-refractivity contribution in [2.75, 3.05) is 18.8 Å². The van der Waals surface area contributed by atoms with Crippen molar-refractivity contribution in [3.8, 4) is 0 Å². The minimum atomic E-state index is -3.59. The summed E-state index contributed by atoms with van der Waals surface area (Å²) in [5, 5.41) is 1.76. The third kappa shape index (κ3) is 4.43. The van der Waals surface area contributed by atoms with Gasteiger partial charge in [-0.2, -0.15) is 0 Å². The van der Waals surface area contributed by atoms with Crippen LogP contribution in [0.2, 0.25) is 5.02 Å². The van der Waals surface area contributed by atoms with Crippen molar-refractivity contribution in [3.05, 3.63) is 57.2 Å². The van der Waals surface area contributed by atoms with Crippen LogP contribution in [-0.4, -0.2) is 40.0 Å². The molecule has 0 N–H and O–H groups in total. The van der Waals surface area contributed by atoms with Crippen LogP contribution in [0.1, 0.15) is 22.1 Å². The summed E-state index contributed by atoms with van der Waals surface area (Å²) >= 11 is 7.22. The van der Waals surface area contributed by atoms with E-state index >= 15 is 0 Å². The zero-order chi connectivity index (χ0) is 18.1. The molecule has 9 heteroatoms. The molecule has 0 spiro atoms. The summed E-state index contributed by atoms with van der Waals surface area (Å²) in [5.74, 6) is -0.316. The van der Waals surface area contributed by atoms with Crippen molar-refractivity contribution in [2.45, 2.75) is 17.4 Å². The highest BCUT2D eigenvalue weighted by Gasteiger charge is 2.35. The van der Waals surface area contributed by atoms with Gasteiger partial charge in [-0.05, 0) is 35.6 Å². The van der Waals surface area contributed by atoms with Crippen LogP contribution in [0, 0.1) is 0 Å². The molecule has 1 aromatic heterocycles. The van der Waals surface area contributed by atoms with Crippen LogP contribution in [0.3, 0.4) is 0 Å². The van der Waals surface area contributed by atoms with Crippen molar-refractivity contribution in [1.29, 1.82) is 0 Å². The number of benzene rings is 1. The van der Waals surface area contributed by atoms with Gasteiger partial charge in [-0.15, -0.1) is 11.3 Å². The Balaban J connectivity index is 1.78. The lowest BCUT2D eigenvalue weighted by Crippen LogP contribution is -2.34. The topological polar surface area (TPSA) is 71.5 Å². The van der Waals surface area contributed by atoms with Crippen LogP contribution in [0.4, 0.5) is 0 Å². The number of thiophene rings is 1. The Kier molecular flexibility index (Phi) is 5.55. The fraction of sp³-hybridized carbons (Fsp3) is 0.375. The first kappa shape index (κ1) is 18.8. The largest absolute Gasteiger partial charge is 0.228 e. The monoisotopic (exact) mass is 419 g/mol.